The standard InChI is InChI=1S/C17H30N2/c1-5-8-13-17(7-3,14-18)19(4)16-11-9-15(6-2)10-12-16/h9-12H,5-8,13-14,18H2,1-4H3. The number of nitrogens with two attached hydrogens (primary N) is 1. The zero-order valence-corrected chi connectivity index (χ0v) is 13.1. The monoisotopic (exact) mass is 262 g/mol. The molecule has 2 N–H and O–H groups in total. The fourth-order valence-corrected chi connectivity index (χ4v) is 2.70. The van der Waals surface area contributed by atoms with Crippen LogP contribution in [-0.4, -0.2) is 19.1 Å². The Labute approximate surface area is 119 Å². The average molecular weight is 262 g/mol. The van der Waals surface area contributed by atoms with Gasteiger partial charge in [-0.1, -0.05) is 45.7 Å². The van der Waals surface area contributed by atoms with Gasteiger partial charge in [0.05, 0.1) is 5.54 Å². The van der Waals surface area contributed by atoms with E-state index >= 15 is 0 Å². The summed E-state index contributed by atoms with van der Waals surface area (Å²) in [6.07, 6.45) is 5.82. The fraction of sp³-hybridized carbons (Fsp3) is 0.647. The summed E-state index contributed by atoms with van der Waals surface area (Å²) in [7, 11) is 2.19. The molecule has 1 aromatic carbocycles. The molecule has 0 fully saturated rings. The lowest BCUT2D eigenvalue weighted by Gasteiger charge is -2.42. The van der Waals surface area contributed by atoms with Crippen LogP contribution in [0, 0.1) is 0 Å². The Hall–Kier alpha value is -1.02. The number of benzene rings is 1. The zero-order chi connectivity index (χ0) is 14.3. The molecule has 0 radical (unpaired) electrons. The Morgan fingerprint density at radius 2 is 1.74 bits per heavy atom. The molecular formula is C17H30N2. The molecule has 108 valence electrons. The minimum absolute atomic E-state index is 0.101. The number of hydrogen-bond donors (Lipinski definition) is 1. The minimum Gasteiger partial charge on any atom is -0.368 e. The molecule has 0 aromatic heterocycles. The first kappa shape index (κ1) is 16.0. The molecule has 0 saturated heterocycles. The molecule has 0 aliphatic heterocycles. The van der Waals surface area contributed by atoms with E-state index in [1.165, 1.54) is 30.5 Å². The van der Waals surface area contributed by atoms with Crippen molar-refractivity contribution in [2.45, 2.75) is 58.4 Å². The largest absolute Gasteiger partial charge is 0.368 e. The minimum atomic E-state index is 0.101. The SMILES string of the molecule is CCCCC(CC)(CN)N(C)c1ccc(CC)cc1. The van der Waals surface area contributed by atoms with Gasteiger partial charge in [0.1, 0.15) is 0 Å². The molecule has 0 saturated carbocycles. The highest BCUT2D eigenvalue weighted by atomic mass is 15.2. The van der Waals surface area contributed by atoms with Gasteiger partial charge in [0, 0.05) is 19.3 Å². The van der Waals surface area contributed by atoms with E-state index in [0.29, 0.717) is 0 Å². The summed E-state index contributed by atoms with van der Waals surface area (Å²) in [5.41, 5.74) is 8.88. The molecule has 0 aliphatic carbocycles. The third-order valence-electron chi connectivity index (χ3n) is 4.48. The van der Waals surface area contributed by atoms with Crippen LogP contribution < -0.4 is 10.6 Å². The van der Waals surface area contributed by atoms with Crippen molar-refractivity contribution in [2.24, 2.45) is 5.73 Å². The van der Waals surface area contributed by atoms with Gasteiger partial charge >= 0.3 is 0 Å². The quantitative estimate of drug-likeness (QED) is 0.767. The van der Waals surface area contributed by atoms with Crippen molar-refractivity contribution in [2.75, 3.05) is 18.5 Å². The van der Waals surface area contributed by atoms with Gasteiger partial charge in [0.15, 0.2) is 0 Å². The Morgan fingerprint density at radius 1 is 1.11 bits per heavy atom. The van der Waals surface area contributed by atoms with Crippen LogP contribution in [0.4, 0.5) is 5.69 Å². The Kier molecular flexibility index (Phi) is 6.36. The van der Waals surface area contributed by atoms with E-state index in [2.05, 4.69) is 57.0 Å². The van der Waals surface area contributed by atoms with Crippen LogP contribution in [0.1, 0.15) is 52.0 Å². The number of rotatable bonds is 8. The van der Waals surface area contributed by atoms with Gasteiger partial charge in [-0.05, 0) is 37.0 Å². The van der Waals surface area contributed by atoms with Gasteiger partial charge in [-0.3, -0.25) is 0 Å². The summed E-state index contributed by atoms with van der Waals surface area (Å²) < 4.78 is 0. The van der Waals surface area contributed by atoms with Crippen LogP contribution >= 0.6 is 0 Å². The van der Waals surface area contributed by atoms with Crippen molar-refractivity contribution in [1.82, 2.24) is 0 Å². The van der Waals surface area contributed by atoms with Gasteiger partial charge in [0.2, 0.25) is 0 Å². The number of hydrogen-bond acceptors (Lipinski definition) is 2. The van der Waals surface area contributed by atoms with Gasteiger partial charge in [-0.25, -0.2) is 0 Å². The van der Waals surface area contributed by atoms with E-state index in [0.717, 1.165) is 19.4 Å². The summed E-state index contributed by atoms with van der Waals surface area (Å²) >= 11 is 0. The maximum Gasteiger partial charge on any atom is 0.0518 e. The number of anilines is 1. The topological polar surface area (TPSA) is 29.3 Å². The highest BCUT2D eigenvalue weighted by Crippen LogP contribution is 2.29. The average Bonchev–Trinajstić information content (AvgIpc) is 2.48. The Morgan fingerprint density at radius 3 is 2.16 bits per heavy atom. The maximum absolute atomic E-state index is 6.11. The van der Waals surface area contributed by atoms with Crippen LogP contribution in [-0.2, 0) is 6.42 Å². The van der Waals surface area contributed by atoms with E-state index in [1.807, 2.05) is 0 Å². The van der Waals surface area contributed by atoms with E-state index in [4.69, 9.17) is 5.73 Å². The summed E-state index contributed by atoms with van der Waals surface area (Å²) in [6, 6.07) is 8.90. The lowest BCUT2D eigenvalue weighted by atomic mass is 9.87. The first-order chi connectivity index (χ1) is 9.13. The van der Waals surface area contributed by atoms with Crippen molar-refractivity contribution in [3.8, 4) is 0 Å². The first-order valence-corrected chi connectivity index (χ1v) is 7.66. The van der Waals surface area contributed by atoms with Crippen LogP contribution in [0.3, 0.4) is 0 Å². The molecule has 2 nitrogen and oxygen atoms in total. The molecule has 19 heavy (non-hydrogen) atoms. The van der Waals surface area contributed by atoms with E-state index in [-0.39, 0.29) is 5.54 Å². The predicted molar refractivity (Wildman–Crippen MR) is 85.8 cm³/mol. The van der Waals surface area contributed by atoms with E-state index < -0.39 is 0 Å². The first-order valence-electron chi connectivity index (χ1n) is 7.66. The molecule has 1 rings (SSSR count). The summed E-state index contributed by atoms with van der Waals surface area (Å²) in [6.45, 7) is 7.40. The van der Waals surface area contributed by atoms with E-state index in [9.17, 15) is 0 Å². The molecule has 1 atom stereocenters. The normalized spacial score (nSPS) is 14.2. The Balaban J connectivity index is 2.93. The molecular weight excluding hydrogens is 232 g/mol. The second-order valence-corrected chi connectivity index (χ2v) is 5.46. The van der Waals surface area contributed by atoms with Crippen molar-refractivity contribution in [3.05, 3.63) is 29.8 Å². The van der Waals surface area contributed by atoms with Crippen LogP contribution in [0.2, 0.25) is 0 Å². The van der Waals surface area contributed by atoms with Crippen LogP contribution in [0.25, 0.3) is 0 Å². The number of likely N-dealkylation sites (N-methyl/N-ethyl adjacent to an activating group) is 1. The van der Waals surface area contributed by atoms with Crippen LogP contribution in [0.5, 0.6) is 0 Å². The number of aryl methyl sites for hydroxylation is 1. The summed E-state index contributed by atoms with van der Waals surface area (Å²) in [4.78, 5) is 2.39. The molecule has 1 aromatic rings. The summed E-state index contributed by atoms with van der Waals surface area (Å²) in [5.74, 6) is 0. The van der Waals surface area contributed by atoms with Gasteiger partial charge in [-0.15, -0.1) is 0 Å². The lowest BCUT2D eigenvalue weighted by Crippen LogP contribution is -2.52. The third kappa shape index (κ3) is 3.73. The van der Waals surface area contributed by atoms with Crippen molar-refractivity contribution >= 4 is 5.69 Å². The lowest BCUT2D eigenvalue weighted by molar-refractivity contribution is 0.359. The highest BCUT2D eigenvalue weighted by molar-refractivity contribution is 5.49. The smallest absolute Gasteiger partial charge is 0.0518 e. The van der Waals surface area contributed by atoms with Gasteiger partial charge in [-0.2, -0.15) is 0 Å². The molecule has 0 aliphatic rings. The second kappa shape index (κ2) is 7.54. The second-order valence-electron chi connectivity index (χ2n) is 5.46. The van der Waals surface area contributed by atoms with Crippen molar-refractivity contribution < 1.29 is 0 Å². The molecule has 2 heteroatoms. The highest BCUT2D eigenvalue weighted by Gasteiger charge is 2.30. The predicted octanol–water partition coefficient (Wildman–Crippen LogP) is 3.98. The van der Waals surface area contributed by atoms with Gasteiger partial charge in [0.25, 0.3) is 0 Å². The number of unbranched alkanes of at least 4 members (excludes halogenated alkanes) is 1. The molecule has 1 unspecified atom stereocenters. The fourth-order valence-electron chi connectivity index (χ4n) is 2.70. The number of nitrogens with zero attached hydrogens (tertiary/aromatic N) is 1. The van der Waals surface area contributed by atoms with E-state index in [1.54, 1.807) is 0 Å². The Bertz CT molecular complexity index is 352. The molecule has 0 bridgehead atoms. The molecule has 0 spiro atoms. The van der Waals surface area contributed by atoms with Gasteiger partial charge < -0.3 is 10.6 Å². The molecule has 0 amide bonds. The maximum atomic E-state index is 6.11. The third-order valence-corrected chi connectivity index (χ3v) is 4.48. The van der Waals surface area contributed by atoms with Crippen molar-refractivity contribution in [3.63, 3.8) is 0 Å². The summed E-state index contributed by atoms with van der Waals surface area (Å²) in [5, 5.41) is 0. The van der Waals surface area contributed by atoms with Crippen molar-refractivity contribution in [1.29, 1.82) is 0 Å². The van der Waals surface area contributed by atoms with Crippen LogP contribution in [0.15, 0.2) is 24.3 Å². The molecule has 0 heterocycles. The zero-order valence-electron chi connectivity index (χ0n) is 13.1.